The van der Waals surface area contributed by atoms with Crippen molar-refractivity contribution in [3.05, 3.63) is 41.2 Å². The van der Waals surface area contributed by atoms with Crippen molar-refractivity contribution < 1.29 is 9.53 Å². The van der Waals surface area contributed by atoms with Gasteiger partial charge >= 0.3 is 0 Å². The molecule has 26 heavy (non-hydrogen) atoms. The van der Waals surface area contributed by atoms with Crippen LogP contribution in [0.4, 0.5) is 0 Å². The Morgan fingerprint density at radius 3 is 2.73 bits per heavy atom. The highest BCUT2D eigenvalue weighted by Crippen LogP contribution is 2.29. The van der Waals surface area contributed by atoms with Crippen LogP contribution in [0.5, 0.6) is 0 Å². The van der Waals surface area contributed by atoms with Crippen LogP contribution in [-0.4, -0.2) is 50.3 Å². The number of amides is 1. The van der Waals surface area contributed by atoms with Crippen LogP contribution in [0.1, 0.15) is 48.5 Å². The van der Waals surface area contributed by atoms with E-state index in [1.54, 1.807) is 4.68 Å². The van der Waals surface area contributed by atoms with Crippen LogP contribution in [0.25, 0.3) is 0 Å². The fraction of sp³-hybridized carbons (Fsp3) is 0.579. The molecule has 7 heteroatoms. The van der Waals surface area contributed by atoms with Gasteiger partial charge in [0, 0.05) is 43.6 Å². The minimum atomic E-state index is 0.125. The topological polar surface area (TPSA) is 73.1 Å². The highest BCUT2D eigenvalue weighted by molar-refractivity contribution is 5.76. The second kappa shape index (κ2) is 8.40. The van der Waals surface area contributed by atoms with Crippen molar-refractivity contribution in [1.82, 2.24) is 24.6 Å². The molecule has 3 rings (SSSR count). The molecule has 2 aromatic heterocycles. The van der Waals surface area contributed by atoms with E-state index in [4.69, 9.17) is 4.74 Å². The van der Waals surface area contributed by atoms with E-state index in [1.807, 2.05) is 44.1 Å². The number of ether oxygens (including phenoxy) is 1. The van der Waals surface area contributed by atoms with E-state index >= 15 is 0 Å². The molecular weight excluding hydrogens is 330 g/mol. The van der Waals surface area contributed by atoms with Crippen LogP contribution in [0, 0.1) is 13.8 Å². The molecule has 1 saturated heterocycles. The summed E-state index contributed by atoms with van der Waals surface area (Å²) in [6, 6.07) is 1.91. The Bertz CT molecular complexity index is 750. The maximum Gasteiger partial charge on any atom is 0.244 e. The highest BCUT2D eigenvalue weighted by atomic mass is 16.5. The van der Waals surface area contributed by atoms with Crippen molar-refractivity contribution in [2.45, 2.75) is 52.7 Å². The Morgan fingerprint density at radius 1 is 1.31 bits per heavy atom. The van der Waals surface area contributed by atoms with Gasteiger partial charge in [-0.1, -0.05) is 0 Å². The fourth-order valence-electron chi connectivity index (χ4n) is 3.38. The van der Waals surface area contributed by atoms with Gasteiger partial charge in [0.05, 0.1) is 18.0 Å². The third kappa shape index (κ3) is 4.46. The molecule has 0 aliphatic carbocycles. The molecule has 1 amide bonds. The predicted molar refractivity (Wildman–Crippen MR) is 97.6 cm³/mol. The van der Waals surface area contributed by atoms with Crippen molar-refractivity contribution in [3.63, 3.8) is 0 Å². The molecule has 2 aromatic rings. The third-order valence-corrected chi connectivity index (χ3v) is 4.79. The molecule has 3 heterocycles. The minimum Gasteiger partial charge on any atom is -0.377 e. The summed E-state index contributed by atoms with van der Waals surface area (Å²) in [4.78, 5) is 23.4. The van der Waals surface area contributed by atoms with Crippen LogP contribution in [-0.2, 0) is 22.7 Å². The lowest BCUT2D eigenvalue weighted by molar-refractivity contribution is -0.133. The molecule has 140 valence electrons. The normalized spacial score (nSPS) is 15.4. The number of hydrogen-bond acceptors (Lipinski definition) is 5. The number of carbonyl (C=O) groups is 1. The second-order valence-corrected chi connectivity index (χ2v) is 6.77. The van der Waals surface area contributed by atoms with Gasteiger partial charge in [-0.15, -0.1) is 0 Å². The molecule has 0 bridgehead atoms. The SMILES string of the molecule is CCOCc1cnc(C)nc1C1CCN(C(=O)Cn2ccc(C)n2)CC1. The first-order valence-corrected chi connectivity index (χ1v) is 9.24. The summed E-state index contributed by atoms with van der Waals surface area (Å²) >= 11 is 0. The van der Waals surface area contributed by atoms with Gasteiger partial charge < -0.3 is 9.64 Å². The number of carbonyl (C=O) groups excluding carboxylic acids is 1. The van der Waals surface area contributed by atoms with Crippen LogP contribution >= 0.6 is 0 Å². The molecule has 0 atom stereocenters. The number of rotatable bonds is 6. The van der Waals surface area contributed by atoms with Crippen molar-refractivity contribution in [1.29, 1.82) is 0 Å². The van der Waals surface area contributed by atoms with Crippen molar-refractivity contribution in [2.75, 3.05) is 19.7 Å². The van der Waals surface area contributed by atoms with E-state index in [9.17, 15) is 4.79 Å². The summed E-state index contributed by atoms with van der Waals surface area (Å²) in [6.45, 7) is 8.86. The summed E-state index contributed by atoms with van der Waals surface area (Å²) in [6.07, 6.45) is 5.56. The van der Waals surface area contributed by atoms with E-state index in [1.165, 1.54) is 0 Å². The van der Waals surface area contributed by atoms with E-state index < -0.39 is 0 Å². The van der Waals surface area contributed by atoms with Gasteiger partial charge in [-0.05, 0) is 39.7 Å². The Balaban J connectivity index is 1.61. The summed E-state index contributed by atoms with van der Waals surface area (Å²) < 4.78 is 7.27. The van der Waals surface area contributed by atoms with Gasteiger partial charge in [0.15, 0.2) is 0 Å². The predicted octanol–water partition coefficient (Wildman–Crippen LogP) is 2.23. The van der Waals surface area contributed by atoms with Gasteiger partial charge in [-0.25, -0.2) is 9.97 Å². The lowest BCUT2D eigenvalue weighted by Gasteiger charge is -2.32. The smallest absolute Gasteiger partial charge is 0.244 e. The first kappa shape index (κ1) is 18.5. The summed E-state index contributed by atoms with van der Waals surface area (Å²) in [7, 11) is 0. The van der Waals surface area contributed by atoms with Crippen molar-refractivity contribution in [3.8, 4) is 0 Å². The monoisotopic (exact) mass is 357 g/mol. The van der Waals surface area contributed by atoms with Crippen LogP contribution in [0.3, 0.4) is 0 Å². The number of nitrogens with zero attached hydrogens (tertiary/aromatic N) is 5. The first-order chi connectivity index (χ1) is 12.6. The molecule has 0 radical (unpaired) electrons. The van der Waals surface area contributed by atoms with E-state index in [-0.39, 0.29) is 5.91 Å². The van der Waals surface area contributed by atoms with E-state index in [0.29, 0.717) is 25.7 Å². The van der Waals surface area contributed by atoms with Gasteiger partial charge in [0.1, 0.15) is 12.4 Å². The molecule has 0 aromatic carbocycles. The average molecular weight is 357 g/mol. The van der Waals surface area contributed by atoms with Gasteiger partial charge in [-0.2, -0.15) is 5.10 Å². The largest absolute Gasteiger partial charge is 0.377 e. The number of likely N-dealkylation sites (tertiary alicyclic amines) is 1. The maximum absolute atomic E-state index is 12.5. The zero-order chi connectivity index (χ0) is 18.5. The fourth-order valence-corrected chi connectivity index (χ4v) is 3.38. The zero-order valence-electron chi connectivity index (χ0n) is 15.8. The molecule has 1 aliphatic heterocycles. The Labute approximate surface area is 154 Å². The lowest BCUT2D eigenvalue weighted by Crippen LogP contribution is -2.40. The summed E-state index contributed by atoms with van der Waals surface area (Å²) in [5.74, 6) is 1.26. The Morgan fingerprint density at radius 2 is 2.08 bits per heavy atom. The molecule has 0 saturated carbocycles. The van der Waals surface area contributed by atoms with Gasteiger partial charge in [0.25, 0.3) is 0 Å². The van der Waals surface area contributed by atoms with E-state index in [0.717, 1.165) is 48.7 Å². The first-order valence-electron chi connectivity index (χ1n) is 9.24. The second-order valence-electron chi connectivity index (χ2n) is 6.77. The minimum absolute atomic E-state index is 0.125. The molecular formula is C19H27N5O2. The molecule has 1 aliphatic rings. The van der Waals surface area contributed by atoms with Crippen molar-refractivity contribution >= 4 is 5.91 Å². The third-order valence-electron chi connectivity index (χ3n) is 4.79. The Kier molecular flexibility index (Phi) is 5.98. The number of aromatic nitrogens is 4. The van der Waals surface area contributed by atoms with E-state index in [2.05, 4.69) is 15.1 Å². The standard InChI is InChI=1S/C19H27N5O2/c1-4-26-13-17-11-20-15(3)21-19(17)16-6-8-23(9-7-16)18(25)12-24-10-5-14(2)22-24/h5,10-11,16H,4,6-9,12-13H2,1-3H3. The highest BCUT2D eigenvalue weighted by Gasteiger charge is 2.26. The molecule has 0 spiro atoms. The number of aryl methyl sites for hydroxylation is 2. The number of hydrogen-bond donors (Lipinski definition) is 0. The van der Waals surface area contributed by atoms with Crippen LogP contribution in [0.15, 0.2) is 18.5 Å². The summed E-state index contributed by atoms with van der Waals surface area (Å²) in [5, 5.41) is 4.30. The van der Waals surface area contributed by atoms with Gasteiger partial charge in [0.2, 0.25) is 5.91 Å². The molecule has 1 fully saturated rings. The lowest BCUT2D eigenvalue weighted by atomic mass is 9.91. The molecule has 7 nitrogen and oxygen atoms in total. The van der Waals surface area contributed by atoms with Crippen LogP contribution in [0.2, 0.25) is 0 Å². The molecule has 0 N–H and O–H groups in total. The molecule has 0 unspecified atom stereocenters. The van der Waals surface area contributed by atoms with Crippen molar-refractivity contribution in [2.24, 2.45) is 0 Å². The Hall–Kier alpha value is -2.28. The van der Waals surface area contributed by atoms with Gasteiger partial charge in [-0.3, -0.25) is 9.48 Å². The quantitative estimate of drug-likeness (QED) is 0.793. The number of piperidine rings is 1. The summed E-state index contributed by atoms with van der Waals surface area (Å²) in [5.41, 5.74) is 3.08. The maximum atomic E-state index is 12.5. The van der Waals surface area contributed by atoms with Crippen LogP contribution < -0.4 is 0 Å². The zero-order valence-corrected chi connectivity index (χ0v) is 15.8. The average Bonchev–Trinajstić information content (AvgIpc) is 3.05.